The van der Waals surface area contributed by atoms with E-state index in [1.54, 1.807) is 13.1 Å². The summed E-state index contributed by atoms with van der Waals surface area (Å²) in [7, 11) is -1.15. The van der Waals surface area contributed by atoms with E-state index in [1.807, 2.05) is 10.3 Å². The van der Waals surface area contributed by atoms with E-state index >= 15 is 0 Å². The normalized spacial score (nSPS) is 26.1. The first kappa shape index (κ1) is 22.9. The molecule has 6 rings (SSSR count). The van der Waals surface area contributed by atoms with Crippen LogP contribution in [-0.2, 0) is 32.5 Å². The SMILES string of the molecule is CCOC(=O)C1=C2C[C@H](NS(=O)C3CC3)CN2C(c2nccs2)=NC12CCc1c2ccc(F)c1F. The number of aliphatic imine (C=N–C) groups is 1. The summed E-state index contributed by atoms with van der Waals surface area (Å²) in [6, 6.07) is 2.46. The Morgan fingerprint density at radius 2 is 2.20 bits per heavy atom. The number of hydrogen-bond acceptors (Lipinski definition) is 7. The lowest BCUT2D eigenvalue weighted by molar-refractivity contribution is -0.139. The van der Waals surface area contributed by atoms with E-state index in [0.717, 1.165) is 18.9 Å². The Kier molecular flexibility index (Phi) is 5.61. The third kappa shape index (κ3) is 3.66. The van der Waals surface area contributed by atoms with Gasteiger partial charge in [-0.3, -0.25) is 0 Å². The Balaban J connectivity index is 1.53. The number of ether oxygens (including phenoxy) is 1. The number of halogens is 2. The van der Waals surface area contributed by atoms with Gasteiger partial charge in [0.1, 0.15) is 5.54 Å². The van der Waals surface area contributed by atoms with Crippen LogP contribution in [0.3, 0.4) is 0 Å². The third-order valence-electron chi connectivity index (χ3n) is 7.01. The number of thiazole rings is 1. The summed E-state index contributed by atoms with van der Waals surface area (Å²) in [5.41, 5.74) is 0.592. The lowest BCUT2D eigenvalue weighted by atomic mass is 9.81. The summed E-state index contributed by atoms with van der Waals surface area (Å²) < 4.78 is 50.3. The van der Waals surface area contributed by atoms with Gasteiger partial charge >= 0.3 is 5.97 Å². The van der Waals surface area contributed by atoms with Crippen LogP contribution < -0.4 is 4.72 Å². The van der Waals surface area contributed by atoms with Gasteiger partial charge in [-0.2, -0.15) is 0 Å². The smallest absolute Gasteiger partial charge is 0.338 e. The average molecular weight is 519 g/mol. The number of nitrogens with one attached hydrogen (secondary N) is 1. The predicted octanol–water partition coefficient (Wildman–Crippen LogP) is 3.33. The molecule has 1 saturated carbocycles. The van der Waals surface area contributed by atoms with Gasteiger partial charge in [0.25, 0.3) is 0 Å². The summed E-state index contributed by atoms with van der Waals surface area (Å²) >= 11 is 1.42. The lowest BCUT2D eigenvalue weighted by Crippen LogP contribution is -2.43. The maximum Gasteiger partial charge on any atom is 0.338 e. The van der Waals surface area contributed by atoms with E-state index in [0.29, 0.717) is 47.1 Å². The van der Waals surface area contributed by atoms with Crippen LogP contribution in [0.1, 0.15) is 48.7 Å². The van der Waals surface area contributed by atoms with Crippen molar-refractivity contribution in [3.63, 3.8) is 0 Å². The van der Waals surface area contributed by atoms with Crippen LogP contribution in [0.15, 0.2) is 40.0 Å². The predicted molar refractivity (Wildman–Crippen MR) is 128 cm³/mol. The van der Waals surface area contributed by atoms with Gasteiger partial charge in [0.2, 0.25) is 0 Å². The molecule has 0 radical (unpaired) electrons. The van der Waals surface area contributed by atoms with Crippen molar-refractivity contribution >= 4 is 34.1 Å². The van der Waals surface area contributed by atoms with Crippen LogP contribution in [0.5, 0.6) is 0 Å². The zero-order chi connectivity index (χ0) is 24.3. The Morgan fingerprint density at radius 3 is 2.91 bits per heavy atom. The molecule has 7 nitrogen and oxygen atoms in total. The first-order valence-corrected chi connectivity index (χ1v) is 13.8. The molecule has 1 saturated heterocycles. The Bertz CT molecular complexity index is 1290. The second-order valence-electron chi connectivity index (χ2n) is 9.19. The first-order valence-electron chi connectivity index (χ1n) is 11.7. The second kappa shape index (κ2) is 8.56. The van der Waals surface area contributed by atoms with E-state index in [9.17, 15) is 17.8 Å². The van der Waals surface area contributed by atoms with Crippen LogP contribution in [0, 0.1) is 11.6 Å². The van der Waals surface area contributed by atoms with Crippen LogP contribution >= 0.6 is 11.3 Å². The van der Waals surface area contributed by atoms with E-state index < -0.39 is 34.1 Å². The number of nitrogens with zero attached hydrogens (tertiary/aromatic N) is 3. The molecule has 0 amide bonds. The molecule has 4 aliphatic rings. The monoisotopic (exact) mass is 518 g/mol. The second-order valence-corrected chi connectivity index (χ2v) is 11.6. The van der Waals surface area contributed by atoms with Crippen LogP contribution in [0.2, 0.25) is 0 Å². The molecule has 3 heterocycles. The largest absolute Gasteiger partial charge is 0.463 e. The van der Waals surface area contributed by atoms with Crippen LogP contribution in [0.25, 0.3) is 0 Å². The fraction of sp³-hybridized carbons (Fsp3) is 0.458. The molecule has 2 unspecified atom stereocenters. The number of benzene rings is 1. The number of aromatic nitrogens is 1. The Morgan fingerprint density at radius 1 is 1.37 bits per heavy atom. The van der Waals surface area contributed by atoms with Gasteiger partial charge in [-0.25, -0.2) is 32.5 Å². The molecule has 3 atom stereocenters. The Labute approximate surface area is 207 Å². The Hall–Kier alpha value is -2.50. The number of rotatable bonds is 6. The van der Waals surface area contributed by atoms with Gasteiger partial charge in [0, 0.05) is 41.5 Å². The highest BCUT2D eigenvalue weighted by Gasteiger charge is 2.54. The zero-order valence-corrected chi connectivity index (χ0v) is 20.7. The third-order valence-corrected chi connectivity index (χ3v) is 9.43. The fourth-order valence-electron chi connectivity index (χ4n) is 5.38. The highest BCUT2D eigenvalue weighted by Crippen LogP contribution is 2.52. The number of amidine groups is 1. The van der Waals surface area contributed by atoms with Gasteiger partial charge in [-0.15, -0.1) is 11.3 Å². The summed E-state index contributed by atoms with van der Waals surface area (Å²) in [6.45, 7) is 2.37. The molecular formula is C24H24F2N4O3S2. The van der Waals surface area contributed by atoms with Gasteiger partial charge in [0.15, 0.2) is 22.5 Å². The molecule has 2 aliphatic heterocycles. The van der Waals surface area contributed by atoms with Gasteiger partial charge in [-0.05, 0) is 49.8 Å². The number of carbonyl (C=O) groups is 1. The van der Waals surface area contributed by atoms with Crippen molar-refractivity contribution in [2.45, 2.75) is 55.9 Å². The molecule has 11 heteroatoms. The minimum absolute atomic E-state index is 0.165. The summed E-state index contributed by atoms with van der Waals surface area (Å²) in [5, 5.41) is 2.69. The molecule has 1 aromatic heterocycles. The highest BCUT2D eigenvalue weighted by atomic mass is 32.2. The summed E-state index contributed by atoms with van der Waals surface area (Å²) in [6.07, 6.45) is 4.58. The summed E-state index contributed by atoms with van der Waals surface area (Å²) in [4.78, 5) is 25.0. The van der Waals surface area contributed by atoms with Crippen LogP contribution in [-0.4, -0.2) is 50.3 Å². The quantitative estimate of drug-likeness (QED) is 0.594. The minimum Gasteiger partial charge on any atom is -0.463 e. The van der Waals surface area contributed by atoms with Crippen molar-refractivity contribution in [1.82, 2.24) is 14.6 Å². The number of esters is 1. The van der Waals surface area contributed by atoms with E-state index in [1.165, 1.54) is 17.4 Å². The van der Waals surface area contributed by atoms with Crippen molar-refractivity contribution in [2.75, 3.05) is 13.2 Å². The maximum absolute atomic E-state index is 14.8. The fourth-order valence-corrected chi connectivity index (χ4v) is 7.25. The van der Waals surface area contributed by atoms with Crippen molar-refractivity contribution < 1.29 is 22.5 Å². The first-order chi connectivity index (χ1) is 16.9. The van der Waals surface area contributed by atoms with E-state index in [4.69, 9.17) is 9.73 Å². The van der Waals surface area contributed by atoms with Crippen molar-refractivity contribution in [3.8, 4) is 0 Å². The van der Waals surface area contributed by atoms with Gasteiger partial charge in [-0.1, -0.05) is 6.07 Å². The number of hydrogen-bond donors (Lipinski definition) is 1. The molecule has 2 fully saturated rings. The number of carbonyl (C=O) groups excluding carboxylic acids is 1. The molecule has 0 bridgehead atoms. The lowest BCUT2D eigenvalue weighted by Gasteiger charge is -2.38. The molecule has 35 heavy (non-hydrogen) atoms. The van der Waals surface area contributed by atoms with Crippen LogP contribution in [0.4, 0.5) is 8.78 Å². The molecule has 1 aromatic carbocycles. The standard InChI is InChI=1S/C24H24F2N4O3S2/c1-2-33-23(31)19-18-11-13(29-35(32)14-3-4-14)12-30(18)21(22-27-9-10-34-22)28-24(19)8-7-15-16(24)5-6-17(25)20(15)26/h5-6,9-10,13-14,29H,2-4,7-8,11-12H2,1H3/t13-,24?,35?/m0/s1. The van der Waals surface area contributed by atoms with E-state index in [2.05, 4.69) is 9.71 Å². The van der Waals surface area contributed by atoms with E-state index in [-0.39, 0.29) is 29.9 Å². The minimum atomic E-state index is -1.20. The molecule has 2 aliphatic carbocycles. The van der Waals surface area contributed by atoms with Crippen molar-refractivity contribution in [3.05, 3.63) is 62.7 Å². The zero-order valence-electron chi connectivity index (χ0n) is 19.1. The number of fused-ring (bicyclic) bond motifs is 3. The summed E-state index contributed by atoms with van der Waals surface area (Å²) in [5.74, 6) is -1.75. The van der Waals surface area contributed by atoms with Crippen molar-refractivity contribution in [1.29, 1.82) is 0 Å². The van der Waals surface area contributed by atoms with Gasteiger partial charge < -0.3 is 9.64 Å². The molecule has 1 N–H and O–H groups in total. The average Bonchev–Trinajstić information content (AvgIpc) is 3.23. The molecule has 2 aromatic rings. The van der Waals surface area contributed by atoms with Crippen molar-refractivity contribution in [2.24, 2.45) is 4.99 Å². The highest BCUT2D eigenvalue weighted by molar-refractivity contribution is 7.84. The molecule has 184 valence electrons. The molecular weight excluding hydrogens is 494 g/mol. The maximum atomic E-state index is 14.8. The topological polar surface area (TPSA) is 83.9 Å². The molecule has 1 spiro atoms. The van der Waals surface area contributed by atoms with Gasteiger partial charge in [0.05, 0.1) is 23.2 Å².